The molecule has 2 aromatic carbocycles. The molecule has 2 aromatic rings. The molecule has 2 saturated heterocycles. The van der Waals surface area contributed by atoms with Gasteiger partial charge in [0.2, 0.25) is 0 Å². The van der Waals surface area contributed by atoms with E-state index in [2.05, 4.69) is 22.4 Å². The number of piperidine rings is 1. The van der Waals surface area contributed by atoms with Crippen LogP contribution in [0.5, 0.6) is 0 Å². The fourth-order valence-corrected chi connectivity index (χ4v) is 5.81. The molecule has 3 fully saturated rings. The van der Waals surface area contributed by atoms with Crippen LogP contribution in [0.4, 0.5) is 18.4 Å². The van der Waals surface area contributed by atoms with Crippen molar-refractivity contribution in [1.29, 1.82) is 5.26 Å². The number of rotatable bonds is 4. The number of ether oxygens (including phenoxy) is 1. The fourth-order valence-electron chi connectivity index (χ4n) is 5.81. The second-order valence-corrected chi connectivity index (χ2v) is 9.76. The Bertz CT molecular complexity index is 1190. The zero-order valence-electron chi connectivity index (χ0n) is 19.8. The van der Waals surface area contributed by atoms with Gasteiger partial charge in [0.05, 0.1) is 11.6 Å². The van der Waals surface area contributed by atoms with Gasteiger partial charge in [0.15, 0.2) is 11.6 Å². The normalized spacial score (nSPS) is 25.0. The van der Waals surface area contributed by atoms with Crippen LogP contribution in [0.3, 0.4) is 0 Å². The van der Waals surface area contributed by atoms with E-state index in [9.17, 15) is 23.6 Å². The van der Waals surface area contributed by atoms with Crippen LogP contribution < -0.4 is 5.32 Å². The molecule has 2 aliphatic heterocycles. The van der Waals surface area contributed by atoms with Gasteiger partial charge in [-0.2, -0.15) is 5.26 Å². The molecule has 3 aliphatic rings. The van der Waals surface area contributed by atoms with Gasteiger partial charge in [0.1, 0.15) is 12.6 Å². The Balaban J connectivity index is 1.16. The van der Waals surface area contributed by atoms with Crippen LogP contribution in [0.15, 0.2) is 42.5 Å². The van der Waals surface area contributed by atoms with Gasteiger partial charge in [0.25, 0.3) is 0 Å². The Labute approximate surface area is 208 Å². The topological polar surface area (TPSA) is 85.7 Å². The predicted octanol–water partition coefficient (Wildman–Crippen LogP) is 4.84. The van der Waals surface area contributed by atoms with Crippen molar-refractivity contribution in [2.45, 2.75) is 56.1 Å². The van der Waals surface area contributed by atoms with Gasteiger partial charge < -0.3 is 15.0 Å². The van der Waals surface area contributed by atoms with Crippen LogP contribution in [-0.4, -0.2) is 53.7 Å². The lowest BCUT2D eigenvalue weighted by Gasteiger charge is -2.36. The first-order valence-electron chi connectivity index (χ1n) is 12.4. The molecule has 3 amide bonds. The number of urea groups is 1. The van der Waals surface area contributed by atoms with Crippen LogP contribution in [-0.2, 0) is 4.74 Å². The van der Waals surface area contributed by atoms with Gasteiger partial charge in [0, 0.05) is 12.1 Å². The van der Waals surface area contributed by atoms with Gasteiger partial charge in [-0.15, -0.1) is 0 Å². The quantitative estimate of drug-likeness (QED) is 0.658. The number of halogens is 2. The van der Waals surface area contributed by atoms with E-state index in [0.717, 1.165) is 73.4 Å². The van der Waals surface area contributed by atoms with Crippen molar-refractivity contribution in [2.75, 3.05) is 19.7 Å². The first-order valence-corrected chi connectivity index (χ1v) is 12.4. The van der Waals surface area contributed by atoms with Crippen LogP contribution in [0.1, 0.15) is 60.8 Å². The number of carbonyl (C=O) groups is 2. The number of nitrogens with one attached hydrogen (secondary N) is 1. The van der Waals surface area contributed by atoms with Gasteiger partial charge in [-0.3, -0.25) is 0 Å². The molecule has 1 N–H and O–H groups in total. The van der Waals surface area contributed by atoms with E-state index < -0.39 is 29.8 Å². The van der Waals surface area contributed by atoms with E-state index in [1.54, 1.807) is 0 Å². The number of benzene rings is 2. The Morgan fingerprint density at radius 3 is 2.58 bits per heavy atom. The lowest BCUT2D eigenvalue weighted by molar-refractivity contribution is 0.150. The second-order valence-electron chi connectivity index (χ2n) is 9.76. The van der Waals surface area contributed by atoms with Gasteiger partial charge in [-0.1, -0.05) is 24.3 Å². The zero-order chi connectivity index (χ0) is 25.2. The van der Waals surface area contributed by atoms with Crippen molar-refractivity contribution in [2.24, 2.45) is 0 Å². The molecule has 0 unspecified atom stereocenters. The van der Waals surface area contributed by atoms with Crippen molar-refractivity contribution in [3.8, 4) is 6.07 Å². The van der Waals surface area contributed by atoms with Gasteiger partial charge >= 0.3 is 12.1 Å². The number of hydrogen-bond donors (Lipinski definition) is 1. The first-order chi connectivity index (χ1) is 17.4. The molecule has 0 bridgehead atoms. The summed E-state index contributed by atoms with van der Waals surface area (Å²) in [6.07, 6.45) is 3.71. The second kappa shape index (κ2) is 10.2. The Kier molecular flexibility index (Phi) is 6.88. The molecule has 7 nitrogen and oxygen atoms in total. The monoisotopic (exact) mass is 494 g/mol. The average Bonchev–Trinajstić information content (AvgIpc) is 3.52. The van der Waals surface area contributed by atoms with E-state index in [0.29, 0.717) is 17.5 Å². The summed E-state index contributed by atoms with van der Waals surface area (Å²) in [5, 5.41) is 12.4. The third-order valence-corrected chi connectivity index (χ3v) is 7.72. The number of likely N-dealkylation sites (tertiary alicyclic amines) is 1. The molecule has 2 heterocycles. The Morgan fingerprint density at radius 2 is 1.83 bits per heavy atom. The maximum Gasteiger partial charge on any atom is 0.418 e. The third kappa shape index (κ3) is 4.78. The van der Waals surface area contributed by atoms with Crippen molar-refractivity contribution < 1.29 is 23.1 Å². The molecule has 36 heavy (non-hydrogen) atoms. The van der Waals surface area contributed by atoms with Crippen molar-refractivity contribution >= 4 is 12.1 Å². The summed E-state index contributed by atoms with van der Waals surface area (Å²) in [5.74, 6) is -1.65. The summed E-state index contributed by atoms with van der Waals surface area (Å²) >= 11 is 0. The highest BCUT2D eigenvalue weighted by Crippen LogP contribution is 2.34. The third-order valence-electron chi connectivity index (χ3n) is 7.72. The number of imide groups is 1. The molecule has 0 aromatic heterocycles. The van der Waals surface area contributed by atoms with Gasteiger partial charge in [-0.25, -0.2) is 23.3 Å². The Hall–Kier alpha value is -3.51. The summed E-state index contributed by atoms with van der Waals surface area (Å²) in [7, 11) is 0. The van der Waals surface area contributed by atoms with E-state index in [4.69, 9.17) is 4.74 Å². The zero-order valence-corrected chi connectivity index (χ0v) is 19.8. The highest BCUT2D eigenvalue weighted by Gasteiger charge is 2.41. The SMILES string of the molecule is N#Cc1ccccc1C1CCN([C@@H]2CC[C@@H](NC(=O)N3C(=O)OC[C@@H]3c3ccc(F)c(F)c3)C2)CC1. The summed E-state index contributed by atoms with van der Waals surface area (Å²) in [6, 6.07) is 12.3. The van der Waals surface area contributed by atoms with Crippen LogP contribution in [0, 0.1) is 23.0 Å². The number of cyclic esters (lactones) is 1. The smallest absolute Gasteiger partial charge is 0.418 e. The lowest BCUT2D eigenvalue weighted by Crippen LogP contribution is -2.46. The van der Waals surface area contributed by atoms with Crippen molar-refractivity contribution in [3.63, 3.8) is 0 Å². The van der Waals surface area contributed by atoms with E-state index in [1.807, 2.05) is 18.2 Å². The molecule has 0 radical (unpaired) electrons. The number of hydrogen-bond acceptors (Lipinski definition) is 5. The molecular formula is C27H28F2N4O3. The minimum absolute atomic E-state index is 0.0847. The van der Waals surface area contributed by atoms with E-state index >= 15 is 0 Å². The summed E-state index contributed by atoms with van der Waals surface area (Å²) in [4.78, 5) is 28.7. The number of carbonyl (C=O) groups excluding carboxylic acids is 2. The maximum atomic E-state index is 13.7. The largest absolute Gasteiger partial charge is 0.446 e. The molecular weight excluding hydrogens is 466 g/mol. The Morgan fingerprint density at radius 1 is 1.06 bits per heavy atom. The van der Waals surface area contributed by atoms with E-state index in [-0.39, 0.29) is 12.6 Å². The minimum atomic E-state index is -1.04. The molecule has 0 spiro atoms. The van der Waals surface area contributed by atoms with Crippen LogP contribution in [0.2, 0.25) is 0 Å². The average molecular weight is 495 g/mol. The summed E-state index contributed by atoms with van der Waals surface area (Å²) in [5.41, 5.74) is 2.19. The van der Waals surface area contributed by atoms with Crippen molar-refractivity contribution in [3.05, 3.63) is 70.8 Å². The minimum Gasteiger partial charge on any atom is -0.446 e. The molecule has 1 aliphatic carbocycles. The van der Waals surface area contributed by atoms with E-state index in [1.165, 1.54) is 6.07 Å². The number of nitriles is 1. The molecule has 1 saturated carbocycles. The molecule has 9 heteroatoms. The fraction of sp³-hybridized carbons (Fsp3) is 0.444. The first kappa shape index (κ1) is 24.2. The molecule has 5 rings (SSSR count). The molecule has 188 valence electrons. The maximum absolute atomic E-state index is 13.7. The van der Waals surface area contributed by atoms with Crippen LogP contribution in [0.25, 0.3) is 0 Å². The van der Waals surface area contributed by atoms with Crippen molar-refractivity contribution in [1.82, 2.24) is 15.1 Å². The lowest BCUT2D eigenvalue weighted by atomic mass is 9.86. The summed E-state index contributed by atoms with van der Waals surface area (Å²) in [6.45, 7) is 1.77. The molecule has 3 atom stereocenters. The van der Waals surface area contributed by atoms with Crippen LogP contribution >= 0.6 is 0 Å². The highest BCUT2D eigenvalue weighted by atomic mass is 19.2. The number of nitrogens with zero attached hydrogens (tertiary/aromatic N) is 3. The van der Waals surface area contributed by atoms with Gasteiger partial charge in [-0.05, 0) is 80.4 Å². The standard InChI is InChI=1S/C27H28F2N4O3/c28-23-8-5-18(13-24(23)29)25-16-36-27(35)33(25)26(34)31-20-6-7-21(14-20)32-11-9-17(10-12-32)22-4-2-1-3-19(22)15-30/h1-5,8,13,17,20-21,25H,6-7,9-12,14,16H2,(H,31,34)/t20-,21-,25-/m1/s1. The highest BCUT2D eigenvalue weighted by molar-refractivity contribution is 5.92. The number of amides is 3. The summed E-state index contributed by atoms with van der Waals surface area (Å²) < 4.78 is 32.1. The predicted molar refractivity (Wildman–Crippen MR) is 127 cm³/mol.